The molecule has 0 aromatic carbocycles. The molecule has 0 bridgehead atoms. The lowest BCUT2D eigenvalue weighted by molar-refractivity contribution is -0.140. The number of rotatable bonds is 10. The van der Waals surface area contributed by atoms with Crippen molar-refractivity contribution in [3.8, 4) is 0 Å². The number of aliphatic carboxylic acids is 2. The number of unbranched alkanes of at least 4 members (excludes halogenated alkanes) is 1. The fourth-order valence-electron chi connectivity index (χ4n) is 1.26. The van der Waals surface area contributed by atoms with Crippen molar-refractivity contribution in [3.63, 3.8) is 0 Å². The Morgan fingerprint density at radius 3 is 2.15 bits per heavy atom. The molecule has 2 unspecified atom stereocenters. The molecule has 0 amide bonds. The van der Waals surface area contributed by atoms with Crippen molar-refractivity contribution in [1.29, 1.82) is 0 Å². The molecule has 7 nitrogen and oxygen atoms in total. The van der Waals surface area contributed by atoms with Crippen molar-refractivity contribution in [2.45, 2.75) is 37.8 Å². The number of carboxylic acids is 2. The summed E-state index contributed by atoms with van der Waals surface area (Å²) in [6.45, 7) is 0.604. The summed E-state index contributed by atoms with van der Waals surface area (Å²) in [4.78, 5) is 20.5. The smallest absolute Gasteiger partial charge is 0.320 e. The molecule has 0 aliphatic carbocycles. The number of nitrogens with one attached hydrogen (secondary N) is 1. The highest BCUT2D eigenvalue weighted by Gasteiger charge is 2.12. The van der Waals surface area contributed by atoms with Gasteiger partial charge in [0.15, 0.2) is 0 Å². The molecular weight excluding hydrogens is 282 g/mol. The highest BCUT2D eigenvalue weighted by molar-refractivity contribution is 7.98. The maximum Gasteiger partial charge on any atom is 0.320 e. The van der Waals surface area contributed by atoms with Crippen LogP contribution in [0.15, 0.2) is 0 Å². The Labute approximate surface area is 124 Å². The van der Waals surface area contributed by atoms with E-state index in [0.717, 1.165) is 18.6 Å². The first kappa shape index (κ1) is 21.5. The molecule has 0 saturated carbocycles. The van der Waals surface area contributed by atoms with Crippen LogP contribution in [0.1, 0.15) is 25.7 Å². The maximum atomic E-state index is 10.4. The van der Waals surface area contributed by atoms with Gasteiger partial charge in [-0.15, -0.1) is 0 Å². The van der Waals surface area contributed by atoms with Gasteiger partial charge in [-0.25, -0.2) is 0 Å². The Morgan fingerprint density at radius 1 is 1.20 bits per heavy atom. The summed E-state index contributed by atoms with van der Waals surface area (Å²) in [5, 5.41) is 19.6. The lowest BCUT2D eigenvalue weighted by atomic mass is 10.1. The number of likely N-dealkylation sites (N-methyl/N-ethyl adjacent to an activating group) is 1. The summed E-state index contributed by atoms with van der Waals surface area (Å²) in [7, 11) is 1.67. The van der Waals surface area contributed by atoms with Gasteiger partial charge in [0.25, 0.3) is 0 Å². The Hall–Kier alpha value is -0.830. The standard InChI is InChI=1S/C6H14N2O2.C6H13NO2S/c7-4-2-1-3-5(8)6(9)10;1-7-5(6(8)9)3-4-10-2/h5H,1-4,7-8H2,(H,9,10);5,7H,3-4H2,1-2H3,(H,8,9). The van der Waals surface area contributed by atoms with Crippen molar-refractivity contribution in [1.82, 2.24) is 5.32 Å². The van der Waals surface area contributed by atoms with Gasteiger partial charge in [-0.1, -0.05) is 6.42 Å². The van der Waals surface area contributed by atoms with Gasteiger partial charge < -0.3 is 27.0 Å². The molecule has 0 rings (SSSR count). The van der Waals surface area contributed by atoms with Gasteiger partial charge in [0.1, 0.15) is 12.1 Å². The molecule has 0 aliphatic rings. The maximum absolute atomic E-state index is 10.4. The molecule has 0 aromatic heterocycles. The second-order valence-corrected chi connectivity index (χ2v) is 5.18. The van der Waals surface area contributed by atoms with E-state index >= 15 is 0 Å². The fourth-order valence-corrected chi connectivity index (χ4v) is 1.73. The van der Waals surface area contributed by atoms with Crippen LogP contribution in [0, 0.1) is 0 Å². The average Bonchev–Trinajstić information content (AvgIpc) is 2.40. The molecule has 0 heterocycles. The number of carbonyl (C=O) groups is 2. The molecule has 0 fully saturated rings. The van der Waals surface area contributed by atoms with Crippen LogP contribution in [-0.4, -0.2) is 59.8 Å². The molecule has 0 saturated heterocycles. The zero-order valence-corrected chi connectivity index (χ0v) is 13.0. The Kier molecular flexibility index (Phi) is 15.6. The van der Waals surface area contributed by atoms with E-state index in [2.05, 4.69) is 5.32 Å². The third-order valence-electron chi connectivity index (χ3n) is 2.54. The van der Waals surface area contributed by atoms with Crippen LogP contribution in [0.2, 0.25) is 0 Å². The van der Waals surface area contributed by atoms with Crippen LogP contribution in [0.5, 0.6) is 0 Å². The highest BCUT2D eigenvalue weighted by atomic mass is 32.2. The van der Waals surface area contributed by atoms with E-state index in [1.165, 1.54) is 0 Å². The van der Waals surface area contributed by atoms with Crippen LogP contribution in [0.4, 0.5) is 0 Å². The third-order valence-corrected chi connectivity index (χ3v) is 3.19. The molecule has 7 N–H and O–H groups in total. The van der Waals surface area contributed by atoms with E-state index in [1.807, 2.05) is 6.26 Å². The summed E-state index contributed by atoms with van der Waals surface area (Å²) in [6, 6.07) is -1.10. The molecule has 8 heteroatoms. The lowest BCUT2D eigenvalue weighted by Gasteiger charge is -2.08. The number of nitrogens with two attached hydrogens (primary N) is 2. The third kappa shape index (κ3) is 13.6. The van der Waals surface area contributed by atoms with Crippen LogP contribution in [0.3, 0.4) is 0 Å². The van der Waals surface area contributed by atoms with Gasteiger partial charge >= 0.3 is 11.9 Å². The highest BCUT2D eigenvalue weighted by Crippen LogP contribution is 1.99. The van der Waals surface area contributed by atoms with Crippen molar-refractivity contribution >= 4 is 23.7 Å². The number of hydrogen-bond donors (Lipinski definition) is 5. The largest absolute Gasteiger partial charge is 0.480 e. The van der Waals surface area contributed by atoms with E-state index < -0.39 is 18.0 Å². The fraction of sp³-hybridized carbons (Fsp3) is 0.833. The van der Waals surface area contributed by atoms with E-state index in [0.29, 0.717) is 19.4 Å². The second-order valence-electron chi connectivity index (χ2n) is 4.19. The first-order chi connectivity index (χ1) is 9.40. The molecular formula is C12H27N3O4S. The molecule has 20 heavy (non-hydrogen) atoms. The normalized spacial score (nSPS) is 13.0. The molecule has 120 valence electrons. The van der Waals surface area contributed by atoms with Crippen LogP contribution >= 0.6 is 11.8 Å². The summed E-state index contributed by atoms with van der Waals surface area (Å²) in [5.41, 5.74) is 10.4. The summed E-state index contributed by atoms with van der Waals surface area (Å²) in [6.07, 6.45) is 4.82. The number of thioether (sulfide) groups is 1. The molecule has 0 spiro atoms. The topological polar surface area (TPSA) is 139 Å². The van der Waals surface area contributed by atoms with Gasteiger partial charge in [0, 0.05) is 0 Å². The van der Waals surface area contributed by atoms with E-state index in [1.54, 1.807) is 18.8 Å². The number of hydrogen-bond acceptors (Lipinski definition) is 6. The van der Waals surface area contributed by atoms with Gasteiger partial charge in [-0.05, 0) is 44.9 Å². The minimum atomic E-state index is -0.933. The Balaban J connectivity index is 0. The second kappa shape index (κ2) is 14.6. The molecule has 0 aromatic rings. The van der Waals surface area contributed by atoms with E-state index in [-0.39, 0.29) is 6.04 Å². The quantitative estimate of drug-likeness (QED) is 0.354. The lowest BCUT2D eigenvalue weighted by Crippen LogP contribution is -2.34. The molecule has 0 radical (unpaired) electrons. The van der Waals surface area contributed by atoms with Crippen LogP contribution < -0.4 is 16.8 Å². The van der Waals surface area contributed by atoms with E-state index in [9.17, 15) is 9.59 Å². The van der Waals surface area contributed by atoms with Crippen molar-refractivity contribution in [3.05, 3.63) is 0 Å². The average molecular weight is 309 g/mol. The minimum absolute atomic E-state index is 0.382. The Morgan fingerprint density at radius 2 is 1.80 bits per heavy atom. The predicted molar refractivity (Wildman–Crippen MR) is 82.0 cm³/mol. The summed E-state index contributed by atoms with van der Waals surface area (Å²) < 4.78 is 0. The first-order valence-electron chi connectivity index (χ1n) is 6.48. The van der Waals surface area contributed by atoms with Crippen molar-refractivity contribution in [2.24, 2.45) is 11.5 Å². The monoisotopic (exact) mass is 309 g/mol. The Bertz CT molecular complexity index is 267. The first-order valence-corrected chi connectivity index (χ1v) is 7.87. The van der Waals surface area contributed by atoms with E-state index in [4.69, 9.17) is 21.7 Å². The zero-order valence-electron chi connectivity index (χ0n) is 12.2. The van der Waals surface area contributed by atoms with Gasteiger partial charge in [0.05, 0.1) is 0 Å². The van der Waals surface area contributed by atoms with Crippen LogP contribution in [0.25, 0.3) is 0 Å². The molecule has 0 aliphatic heterocycles. The van der Waals surface area contributed by atoms with Gasteiger partial charge in [0.2, 0.25) is 0 Å². The van der Waals surface area contributed by atoms with Crippen LogP contribution in [-0.2, 0) is 9.59 Å². The van der Waals surface area contributed by atoms with Gasteiger partial charge in [-0.3, -0.25) is 9.59 Å². The number of carboxylic acid groups (broad SMARTS) is 2. The zero-order chi connectivity index (χ0) is 16.0. The predicted octanol–water partition coefficient (Wildman–Crippen LogP) is -0.0606. The van der Waals surface area contributed by atoms with Crippen molar-refractivity contribution < 1.29 is 19.8 Å². The summed E-state index contributed by atoms with van der Waals surface area (Å²) in [5.74, 6) is -0.814. The minimum Gasteiger partial charge on any atom is -0.480 e. The molecule has 2 atom stereocenters. The van der Waals surface area contributed by atoms with Crippen molar-refractivity contribution in [2.75, 3.05) is 25.6 Å². The summed E-state index contributed by atoms with van der Waals surface area (Å²) >= 11 is 1.66. The van der Waals surface area contributed by atoms with Gasteiger partial charge in [-0.2, -0.15) is 11.8 Å². The SMILES string of the molecule is CNC(CCSC)C(=O)O.NCCCCC(N)C(=O)O.